The molecule has 2 amide bonds. The molecule has 6 heteroatoms. The van der Waals surface area contributed by atoms with E-state index in [1.165, 1.54) is 18.6 Å². The number of urea groups is 1. The molecule has 0 unspecified atom stereocenters. The summed E-state index contributed by atoms with van der Waals surface area (Å²) in [6.07, 6.45) is 5.57. The number of sulfone groups is 1. The van der Waals surface area contributed by atoms with Crippen molar-refractivity contribution >= 4 is 21.6 Å². The molecular formula is C15H22N2O3S. The van der Waals surface area contributed by atoms with E-state index in [1.807, 2.05) is 0 Å². The van der Waals surface area contributed by atoms with Crippen LogP contribution in [-0.4, -0.2) is 26.7 Å². The third-order valence-electron chi connectivity index (χ3n) is 3.81. The molecule has 1 saturated carbocycles. The normalized spacial score (nSPS) is 22.6. The standard InChI is InChI=1S/C15H22N2O3S/c1-11-4-3-5-13(10-11)17-15(18)16-12-6-8-14(9-7-12)21(2,19)20/h6-9,11,13H,3-5,10H2,1-2H3,(H2,16,17,18)/t11-,13-/m0/s1. The lowest BCUT2D eigenvalue weighted by Gasteiger charge is -2.27. The molecule has 1 aliphatic rings. The van der Waals surface area contributed by atoms with Crippen LogP contribution in [0.5, 0.6) is 0 Å². The lowest BCUT2D eigenvalue weighted by Crippen LogP contribution is -2.40. The van der Waals surface area contributed by atoms with Crippen molar-refractivity contribution in [1.29, 1.82) is 0 Å². The van der Waals surface area contributed by atoms with E-state index < -0.39 is 9.84 Å². The molecule has 1 aromatic rings. The predicted molar refractivity (Wildman–Crippen MR) is 83.1 cm³/mol. The summed E-state index contributed by atoms with van der Waals surface area (Å²) < 4.78 is 22.7. The minimum atomic E-state index is -3.21. The summed E-state index contributed by atoms with van der Waals surface area (Å²) in [5.41, 5.74) is 0.587. The van der Waals surface area contributed by atoms with E-state index >= 15 is 0 Å². The lowest BCUT2D eigenvalue weighted by molar-refractivity contribution is 0.238. The minimum Gasteiger partial charge on any atom is -0.335 e. The smallest absolute Gasteiger partial charge is 0.319 e. The first-order chi connectivity index (χ1) is 9.84. The number of amides is 2. The highest BCUT2D eigenvalue weighted by molar-refractivity contribution is 7.90. The van der Waals surface area contributed by atoms with Crippen LogP contribution in [0.4, 0.5) is 10.5 Å². The maximum Gasteiger partial charge on any atom is 0.319 e. The fraction of sp³-hybridized carbons (Fsp3) is 0.533. The van der Waals surface area contributed by atoms with Crippen molar-refractivity contribution in [2.24, 2.45) is 5.92 Å². The van der Waals surface area contributed by atoms with Gasteiger partial charge in [-0.25, -0.2) is 13.2 Å². The van der Waals surface area contributed by atoms with Crippen molar-refractivity contribution in [3.8, 4) is 0 Å². The second-order valence-electron chi connectivity index (χ2n) is 5.86. The van der Waals surface area contributed by atoms with Gasteiger partial charge in [-0.2, -0.15) is 0 Å². The number of nitrogens with one attached hydrogen (secondary N) is 2. The highest BCUT2D eigenvalue weighted by Crippen LogP contribution is 2.23. The van der Waals surface area contributed by atoms with Crippen LogP contribution < -0.4 is 10.6 Å². The molecule has 1 aliphatic carbocycles. The maximum absolute atomic E-state index is 11.9. The van der Waals surface area contributed by atoms with Crippen LogP contribution in [0.1, 0.15) is 32.6 Å². The molecule has 2 N–H and O–H groups in total. The molecular weight excluding hydrogens is 288 g/mol. The van der Waals surface area contributed by atoms with Crippen molar-refractivity contribution in [3.05, 3.63) is 24.3 Å². The zero-order chi connectivity index (χ0) is 15.5. The second-order valence-corrected chi connectivity index (χ2v) is 7.88. The first-order valence-electron chi connectivity index (χ1n) is 7.22. The number of rotatable bonds is 3. The summed E-state index contributed by atoms with van der Waals surface area (Å²) in [5, 5.41) is 5.71. The fourth-order valence-electron chi connectivity index (χ4n) is 2.70. The number of hydrogen-bond acceptors (Lipinski definition) is 3. The van der Waals surface area contributed by atoms with Crippen LogP contribution >= 0.6 is 0 Å². The summed E-state index contributed by atoms with van der Waals surface area (Å²) in [5.74, 6) is 0.651. The molecule has 0 aromatic heterocycles. The van der Waals surface area contributed by atoms with E-state index in [0.29, 0.717) is 11.6 Å². The summed E-state index contributed by atoms with van der Waals surface area (Å²) in [6.45, 7) is 2.20. The molecule has 0 saturated heterocycles. The molecule has 0 radical (unpaired) electrons. The van der Waals surface area contributed by atoms with Crippen molar-refractivity contribution in [3.63, 3.8) is 0 Å². The SMILES string of the molecule is C[C@H]1CCC[C@H](NC(=O)Nc2ccc(S(C)(=O)=O)cc2)C1. The third-order valence-corrected chi connectivity index (χ3v) is 4.94. The molecule has 0 bridgehead atoms. The topological polar surface area (TPSA) is 75.3 Å². The minimum absolute atomic E-state index is 0.226. The molecule has 0 aliphatic heterocycles. The van der Waals surface area contributed by atoms with Crippen LogP contribution in [0.2, 0.25) is 0 Å². The Kier molecular flexibility index (Phi) is 4.88. The van der Waals surface area contributed by atoms with E-state index in [-0.39, 0.29) is 17.0 Å². The molecule has 21 heavy (non-hydrogen) atoms. The van der Waals surface area contributed by atoms with Gasteiger partial charge in [0.1, 0.15) is 0 Å². The Labute approximate surface area is 126 Å². The van der Waals surface area contributed by atoms with Crippen LogP contribution in [0, 0.1) is 5.92 Å². The van der Waals surface area contributed by atoms with Gasteiger partial charge in [-0.15, -0.1) is 0 Å². The van der Waals surface area contributed by atoms with Gasteiger partial charge in [0, 0.05) is 18.0 Å². The van der Waals surface area contributed by atoms with Gasteiger partial charge < -0.3 is 10.6 Å². The van der Waals surface area contributed by atoms with Crippen molar-refractivity contribution in [2.45, 2.75) is 43.5 Å². The Balaban J connectivity index is 1.90. The molecule has 5 nitrogen and oxygen atoms in total. The van der Waals surface area contributed by atoms with Gasteiger partial charge in [0.15, 0.2) is 9.84 Å². The van der Waals surface area contributed by atoms with E-state index in [9.17, 15) is 13.2 Å². The second kappa shape index (κ2) is 6.47. The Bertz CT molecular complexity index is 596. The average Bonchev–Trinajstić information content (AvgIpc) is 2.38. The summed E-state index contributed by atoms with van der Waals surface area (Å²) in [4.78, 5) is 12.2. The van der Waals surface area contributed by atoms with Gasteiger partial charge in [-0.1, -0.05) is 19.8 Å². The fourth-order valence-corrected chi connectivity index (χ4v) is 3.33. The van der Waals surface area contributed by atoms with E-state index in [1.54, 1.807) is 12.1 Å². The Morgan fingerprint density at radius 1 is 1.19 bits per heavy atom. The lowest BCUT2D eigenvalue weighted by atomic mass is 9.87. The van der Waals surface area contributed by atoms with Crippen molar-refractivity contribution < 1.29 is 13.2 Å². The Morgan fingerprint density at radius 2 is 1.86 bits per heavy atom. The van der Waals surface area contributed by atoms with Crippen molar-refractivity contribution in [1.82, 2.24) is 5.32 Å². The van der Waals surface area contributed by atoms with Crippen molar-refractivity contribution in [2.75, 3.05) is 11.6 Å². The first-order valence-corrected chi connectivity index (χ1v) is 9.11. The number of carbonyl (C=O) groups excluding carboxylic acids is 1. The molecule has 116 valence electrons. The Morgan fingerprint density at radius 3 is 2.43 bits per heavy atom. The van der Waals surface area contributed by atoms with Crippen LogP contribution in [-0.2, 0) is 9.84 Å². The largest absolute Gasteiger partial charge is 0.335 e. The van der Waals surface area contributed by atoms with E-state index in [4.69, 9.17) is 0 Å². The van der Waals surface area contributed by atoms with Crippen LogP contribution in [0.3, 0.4) is 0 Å². The predicted octanol–water partition coefficient (Wildman–Crippen LogP) is 2.79. The highest BCUT2D eigenvalue weighted by atomic mass is 32.2. The van der Waals surface area contributed by atoms with Crippen LogP contribution in [0.15, 0.2) is 29.2 Å². The number of benzene rings is 1. The van der Waals surface area contributed by atoms with Gasteiger partial charge in [0.2, 0.25) is 0 Å². The summed E-state index contributed by atoms with van der Waals surface area (Å²) in [7, 11) is -3.21. The third kappa shape index (κ3) is 4.74. The summed E-state index contributed by atoms with van der Waals surface area (Å²) in [6, 6.07) is 6.17. The number of anilines is 1. The molecule has 0 spiro atoms. The quantitative estimate of drug-likeness (QED) is 0.901. The van der Waals surface area contributed by atoms with Crippen LogP contribution in [0.25, 0.3) is 0 Å². The molecule has 1 aromatic carbocycles. The summed E-state index contributed by atoms with van der Waals surface area (Å²) >= 11 is 0. The van der Waals surface area contributed by atoms with Gasteiger partial charge in [-0.3, -0.25) is 0 Å². The zero-order valence-electron chi connectivity index (χ0n) is 12.4. The molecule has 2 rings (SSSR count). The van der Waals surface area contributed by atoms with Gasteiger partial charge in [0.05, 0.1) is 4.90 Å². The molecule has 2 atom stereocenters. The van der Waals surface area contributed by atoms with Gasteiger partial charge >= 0.3 is 6.03 Å². The van der Waals surface area contributed by atoms with Gasteiger partial charge in [-0.05, 0) is 43.0 Å². The van der Waals surface area contributed by atoms with Gasteiger partial charge in [0.25, 0.3) is 0 Å². The van der Waals surface area contributed by atoms with E-state index in [0.717, 1.165) is 25.5 Å². The monoisotopic (exact) mass is 310 g/mol. The maximum atomic E-state index is 11.9. The Hall–Kier alpha value is -1.56. The number of hydrogen-bond donors (Lipinski definition) is 2. The van der Waals surface area contributed by atoms with E-state index in [2.05, 4.69) is 17.6 Å². The average molecular weight is 310 g/mol. The number of carbonyl (C=O) groups is 1. The molecule has 1 fully saturated rings. The zero-order valence-corrected chi connectivity index (χ0v) is 13.2. The first kappa shape index (κ1) is 15.8. The molecule has 0 heterocycles. The highest BCUT2D eigenvalue weighted by Gasteiger charge is 2.20.